The van der Waals surface area contributed by atoms with E-state index in [2.05, 4.69) is 34.3 Å². The third kappa shape index (κ3) is 3.99. The predicted molar refractivity (Wildman–Crippen MR) is 123 cm³/mol. The Morgan fingerprint density at radius 2 is 2.00 bits per heavy atom. The van der Waals surface area contributed by atoms with Crippen molar-refractivity contribution in [2.45, 2.75) is 31.4 Å². The lowest BCUT2D eigenvalue weighted by Crippen LogP contribution is -2.50. The summed E-state index contributed by atoms with van der Waals surface area (Å²) in [6, 6.07) is 13.8. The molecule has 1 fully saturated rings. The van der Waals surface area contributed by atoms with E-state index in [0.717, 1.165) is 43.6 Å². The molecular weight excluding hydrogens is 404 g/mol. The fraction of sp³-hybridized carbons (Fsp3) is 0.308. The van der Waals surface area contributed by atoms with Crippen LogP contribution in [0.5, 0.6) is 5.75 Å². The Labute approximate surface area is 186 Å². The fourth-order valence-corrected chi connectivity index (χ4v) is 4.76. The van der Waals surface area contributed by atoms with Crippen LogP contribution in [0.3, 0.4) is 0 Å². The average Bonchev–Trinajstić information content (AvgIpc) is 3.22. The molecule has 1 aromatic heterocycles. The molecule has 2 aliphatic heterocycles. The third-order valence-corrected chi connectivity index (χ3v) is 6.57. The molecule has 3 aromatic rings. The first-order chi connectivity index (χ1) is 15.5. The summed E-state index contributed by atoms with van der Waals surface area (Å²) in [6.07, 6.45) is 7.02. The summed E-state index contributed by atoms with van der Waals surface area (Å²) < 4.78 is 6.40. The Morgan fingerprint density at radius 1 is 1.19 bits per heavy atom. The molecular formula is C26H26N2O4. The molecule has 0 aliphatic carbocycles. The number of nitrogens with zero attached hydrogens (tertiary/aromatic N) is 1. The van der Waals surface area contributed by atoms with Gasteiger partial charge in [-0.3, -0.25) is 14.5 Å². The molecule has 6 heteroatoms. The van der Waals surface area contributed by atoms with Crippen LogP contribution in [0, 0.1) is 0 Å². The minimum absolute atomic E-state index is 0.0834. The van der Waals surface area contributed by atoms with Gasteiger partial charge in [0.05, 0.1) is 12.0 Å². The topological polar surface area (TPSA) is 82.6 Å². The number of hydrogen-bond acceptors (Lipinski definition) is 5. The number of hydrogen-bond donors (Lipinski definition) is 2. The van der Waals surface area contributed by atoms with Crippen molar-refractivity contribution in [2.75, 3.05) is 19.7 Å². The van der Waals surface area contributed by atoms with Crippen molar-refractivity contribution in [1.82, 2.24) is 9.88 Å². The van der Waals surface area contributed by atoms with Crippen LogP contribution in [0.15, 0.2) is 54.7 Å². The lowest BCUT2D eigenvalue weighted by molar-refractivity contribution is -0.117. The van der Waals surface area contributed by atoms with E-state index >= 15 is 0 Å². The summed E-state index contributed by atoms with van der Waals surface area (Å²) in [5.41, 5.74) is 3.32. The largest absolute Gasteiger partial charge is 0.486 e. The number of carbonyl (C=O) groups excluding carboxylic acids is 2. The quantitative estimate of drug-likeness (QED) is 0.603. The van der Waals surface area contributed by atoms with Crippen LogP contribution in [-0.2, 0) is 11.3 Å². The van der Waals surface area contributed by atoms with E-state index in [4.69, 9.17) is 9.84 Å². The number of para-hydroxylation sites is 1. The van der Waals surface area contributed by atoms with Gasteiger partial charge in [-0.25, -0.2) is 0 Å². The number of aliphatic hydroxyl groups excluding tert-OH is 1. The first-order valence-electron chi connectivity index (χ1n) is 11.0. The molecule has 0 radical (unpaired) electrons. The Balaban J connectivity index is 1.26. The second-order valence-corrected chi connectivity index (χ2v) is 8.73. The molecule has 3 heterocycles. The molecule has 0 unspecified atom stereocenters. The number of benzene rings is 2. The predicted octanol–water partition coefficient (Wildman–Crippen LogP) is 3.74. The highest BCUT2D eigenvalue weighted by molar-refractivity contribution is 6.01. The highest BCUT2D eigenvalue weighted by Gasteiger charge is 2.42. The average molecular weight is 431 g/mol. The number of rotatable bonds is 5. The van der Waals surface area contributed by atoms with Crippen LogP contribution < -0.4 is 4.74 Å². The van der Waals surface area contributed by atoms with E-state index < -0.39 is 12.2 Å². The van der Waals surface area contributed by atoms with E-state index in [-0.39, 0.29) is 11.6 Å². The maximum atomic E-state index is 13.0. The number of nitrogens with one attached hydrogen (secondary N) is 1. The summed E-state index contributed by atoms with van der Waals surface area (Å²) in [5, 5.41) is 10.1. The molecule has 0 amide bonds. The monoisotopic (exact) mass is 430 g/mol. The summed E-state index contributed by atoms with van der Waals surface area (Å²) >= 11 is 0. The van der Waals surface area contributed by atoms with Crippen molar-refractivity contribution >= 4 is 28.5 Å². The van der Waals surface area contributed by atoms with Crippen LogP contribution in [-0.4, -0.2) is 51.9 Å². The van der Waals surface area contributed by atoms with Crippen LogP contribution >= 0.6 is 0 Å². The standard InChI is InChI=1S/C26H26N2O4/c29-17-20(30)7-5-18-6-8-25-22(13-18)24(31)14-26(32-25)9-11-28(12-10-26)16-19-15-27-23-4-2-1-3-21(19)23/h1-8,13,15,27,29H,9-12,14,16-17H2/b7-5+. The van der Waals surface area contributed by atoms with Crippen molar-refractivity contribution in [3.8, 4) is 5.75 Å². The number of aromatic nitrogens is 1. The Kier molecular flexibility index (Phi) is 5.41. The van der Waals surface area contributed by atoms with Crippen LogP contribution in [0.2, 0.25) is 0 Å². The molecule has 6 nitrogen and oxygen atoms in total. The number of ketones is 2. The molecule has 164 valence electrons. The summed E-state index contributed by atoms with van der Waals surface area (Å²) in [5.74, 6) is 0.334. The number of piperidine rings is 1. The molecule has 1 spiro atoms. The van der Waals surface area contributed by atoms with Gasteiger partial charge in [-0.1, -0.05) is 30.3 Å². The molecule has 0 saturated carbocycles. The first-order valence-corrected chi connectivity index (χ1v) is 11.0. The molecule has 5 rings (SSSR count). The van der Waals surface area contributed by atoms with Crippen LogP contribution in [0.1, 0.15) is 40.7 Å². The molecule has 0 bridgehead atoms. The highest BCUT2D eigenvalue weighted by atomic mass is 16.5. The molecule has 32 heavy (non-hydrogen) atoms. The summed E-state index contributed by atoms with van der Waals surface area (Å²) in [6.45, 7) is 2.12. The number of Topliss-reactive ketones (excluding diaryl/α,β-unsaturated/α-hetero) is 1. The molecule has 2 aliphatic rings. The van der Waals surface area contributed by atoms with Gasteiger partial charge in [0.25, 0.3) is 0 Å². The van der Waals surface area contributed by atoms with Gasteiger partial charge in [0.15, 0.2) is 11.6 Å². The maximum absolute atomic E-state index is 13.0. The summed E-state index contributed by atoms with van der Waals surface area (Å²) in [4.78, 5) is 30.0. The van der Waals surface area contributed by atoms with Crippen molar-refractivity contribution < 1.29 is 19.4 Å². The van der Waals surface area contributed by atoms with Gasteiger partial charge >= 0.3 is 0 Å². The number of likely N-dealkylation sites (tertiary alicyclic amines) is 1. The van der Waals surface area contributed by atoms with E-state index in [0.29, 0.717) is 17.7 Å². The number of H-pyrrole nitrogens is 1. The zero-order valence-corrected chi connectivity index (χ0v) is 17.8. The van der Waals surface area contributed by atoms with Gasteiger partial charge in [0.1, 0.15) is 18.0 Å². The number of fused-ring (bicyclic) bond motifs is 2. The first kappa shape index (κ1) is 20.7. The van der Waals surface area contributed by atoms with Crippen molar-refractivity contribution in [1.29, 1.82) is 0 Å². The zero-order chi connectivity index (χ0) is 22.1. The maximum Gasteiger partial charge on any atom is 0.181 e. The number of carbonyl (C=O) groups is 2. The SMILES string of the molecule is O=C(/C=C/c1ccc2c(c1)C(=O)CC1(CCN(Cc3c[nH]c4ccccc34)CC1)O2)CO. The third-order valence-electron chi connectivity index (χ3n) is 6.57. The molecule has 0 atom stereocenters. The minimum Gasteiger partial charge on any atom is -0.486 e. The number of ether oxygens (including phenoxy) is 1. The zero-order valence-electron chi connectivity index (χ0n) is 17.8. The lowest BCUT2D eigenvalue weighted by Gasteiger charge is -2.44. The van der Waals surface area contributed by atoms with Gasteiger partial charge in [0.2, 0.25) is 0 Å². The normalized spacial score (nSPS) is 18.2. The second kappa shape index (κ2) is 8.37. The van der Waals surface area contributed by atoms with Gasteiger partial charge in [-0.15, -0.1) is 0 Å². The van der Waals surface area contributed by atoms with Crippen molar-refractivity contribution in [3.05, 3.63) is 71.4 Å². The second-order valence-electron chi connectivity index (χ2n) is 8.73. The van der Waals surface area contributed by atoms with E-state index in [1.165, 1.54) is 17.0 Å². The van der Waals surface area contributed by atoms with Gasteiger partial charge in [-0.2, -0.15) is 0 Å². The van der Waals surface area contributed by atoms with Gasteiger partial charge in [-0.05, 0) is 35.4 Å². The molecule has 2 aromatic carbocycles. The van der Waals surface area contributed by atoms with Crippen molar-refractivity contribution in [3.63, 3.8) is 0 Å². The fourth-order valence-electron chi connectivity index (χ4n) is 4.76. The smallest absolute Gasteiger partial charge is 0.181 e. The van der Waals surface area contributed by atoms with E-state index in [9.17, 15) is 9.59 Å². The Morgan fingerprint density at radius 3 is 2.81 bits per heavy atom. The van der Waals surface area contributed by atoms with Crippen molar-refractivity contribution in [2.24, 2.45) is 0 Å². The van der Waals surface area contributed by atoms with E-state index in [1.54, 1.807) is 12.1 Å². The molecule has 1 saturated heterocycles. The van der Waals surface area contributed by atoms with Gasteiger partial charge in [0, 0.05) is 49.6 Å². The Hall–Kier alpha value is -3.22. The lowest BCUT2D eigenvalue weighted by atomic mass is 9.82. The number of aromatic amines is 1. The molecule has 2 N–H and O–H groups in total. The van der Waals surface area contributed by atoms with Gasteiger partial charge < -0.3 is 14.8 Å². The Bertz CT molecular complexity index is 1200. The minimum atomic E-state index is -0.524. The summed E-state index contributed by atoms with van der Waals surface area (Å²) in [7, 11) is 0. The van der Waals surface area contributed by atoms with Crippen LogP contribution in [0.4, 0.5) is 0 Å². The number of aliphatic hydroxyl groups is 1. The van der Waals surface area contributed by atoms with E-state index in [1.807, 2.05) is 18.2 Å². The highest BCUT2D eigenvalue weighted by Crippen LogP contribution is 2.40. The van der Waals surface area contributed by atoms with Crippen LogP contribution in [0.25, 0.3) is 17.0 Å².